The lowest BCUT2D eigenvalue weighted by Crippen LogP contribution is -2.35. The standard InChI is InChI=1S/C13H19BrN2O2/c1-3-6-15-13(18)8-16(2)12-5-4-10(9-17)7-11(12)14/h4-5,7,17H,3,6,8-9H2,1-2H3,(H,15,18). The molecular weight excluding hydrogens is 296 g/mol. The molecule has 0 fully saturated rings. The summed E-state index contributed by atoms with van der Waals surface area (Å²) in [5, 5.41) is 11.9. The Morgan fingerprint density at radius 1 is 1.50 bits per heavy atom. The zero-order valence-electron chi connectivity index (χ0n) is 10.7. The first-order valence-corrected chi connectivity index (χ1v) is 6.75. The van der Waals surface area contributed by atoms with E-state index in [0.717, 1.165) is 22.1 Å². The van der Waals surface area contributed by atoms with E-state index in [-0.39, 0.29) is 12.5 Å². The fourth-order valence-electron chi connectivity index (χ4n) is 1.58. The van der Waals surface area contributed by atoms with Gasteiger partial charge in [-0.1, -0.05) is 13.0 Å². The third kappa shape index (κ3) is 4.31. The van der Waals surface area contributed by atoms with E-state index in [0.29, 0.717) is 13.1 Å². The molecule has 0 aliphatic rings. The van der Waals surface area contributed by atoms with Crippen molar-refractivity contribution in [1.82, 2.24) is 5.32 Å². The summed E-state index contributed by atoms with van der Waals surface area (Å²) >= 11 is 3.45. The lowest BCUT2D eigenvalue weighted by atomic mass is 10.2. The molecule has 0 saturated carbocycles. The van der Waals surface area contributed by atoms with Crippen LogP contribution in [0.5, 0.6) is 0 Å². The van der Waals surface area contributed by atoms with Crippen LogP contribution >= 0.6 is 15.9 Å². The van der Waals surface area contributed by atoms with Crippen molar-refractivity contribution >= 4 is 27.5 Å². The number of amides is 1. The summed E-state index contributed by atoms with van der Waals surface area (Å²) in [5.41, 5.74) is 1.77. The van der Waals surface area contributed by atoms with Crippen molar-refractivity contribution < 1.29 is 9.90 Å². The summed E-state index contributed by atoms with van der Waals surface area (Å²) in [7, 11) is 1.87. The zero-order chi connectivity index (χ0) is 13.5. The van der Waals surface area contributed by atoms with E-state index in [1.54, 1.807) is 0 Å². The van der Waals surface area contributed by atoms with E-state index in [4.69, 9.17) is 5.11 Å². The number of nitrogens with zero attached hydrogens (tertiary/aromatic N) is 1. The lowest BCUT2D eigenvalue weighted by Gasteiger charge is -2.20. The predicted molar refractivity (Wildman–Crippen MR) is 76.6 cm³/mol. The Balaban J connectivity index is 2.66. The molecule has 0 aliphatic carbocycles. The number of aliphatic hydroxyl groups excluding tert-OH is 1. The van der Waals surface area contributed by atoms with Crippen LogP contribution in [0.1, 0.15) is 18.9 Å². The normalized spacial score (nSPS) is 10.2. The highest BCUT2D eigenvalue weighted by Crippen LogP contribution is 2.26. The lowest BCUT2D eigenvalue weighted by molar-refractivity contribution is -0.119. The molecule has 0 heterocycles. The molecule has 100 valence electrons. The molecule has 0 aliphatic heterocycles. The quantitative estimate of drug-likeness (QED) is 0.843. The minimum absolute atomic E-state index is 0.0116. The smallest absolute Gasteiger partial charge is 0.239 e. The summed E-state index contributed by atoms with van der Waals surface area (Å²) < 4.78 is 0.875. The highest BCUT2D eigenvalue weighted by molar-refractivity contribution is 9.10. The number of halogens is 1. The van der Waals surface area contributed by atoms with Crippen LogP contribution in [0.25, 0.3) is 0 Å². The molecule has 1 rings (SSSR count). The number of benzene rings is 1. The number of carbonyl (C=O) groups is 1. The highest BCUT2D eigenvalue weighted by Gasteiger charge is 2.10. The van der Waals surface area contributed by atoms with Gasteiger partial charge in [-0.15, -0.1) is 0 Å². The minimum atomic E-state index is 0.0116. The molecule has 2 N–H and O–H groups in total. The maximum atomic E-state index is 11.6. The average Bonchev–Trinajstić information content (AvgIpc) is 2.35. The number of aliphatic hydroxyl groups is 1. The Bertz CT molecular complexity index is 410. The van der Waals surface area contributed by atoms with E-state index < -0.39 is 0 Å². The second kappa shape index (κ2) is 7.38. The van der Waals surface area contributed by atoms with Crippen molar-refractivity contribution in [3.05, 3.63) is 28.2 Å². The minimum Gasteiger partial charge on any atom is -0.392 e. The van der Waals surface area contributed by atoms with Crippen LogP contribution in [0.2, 0.25) is 0 Å². The van der Waals surface area contributed by atoms with Gasteiger partial charge in [-0.3, -0.25) is 4.79 Å². The zero-order valence-corrected chi connectivity index (χ0v) is 12.3. The number of carbonyl (C=O) groups excluding carboxylic acids is 1. The summed E-state index contributed by atoms with van der Waals surface area (Å²) in [4.78, 5) is 13.5. The van der Waals surface area contributed by atoms with Gasteiger partial charge in [-0.05, 0) is 40.0 Å². The first-order valence-electron chi connectivity index (χ1n) is 5.95. The number of likely N-dealkylation sites (N-methyl/N-ethyl adjacent to an activating group) is 1. The number of anilines is 1. The SMILES string of the molecule is CCCNC(=O)CN(C)c1ccc(CO)cc1Br. The van der Waals surface area contributed by atoms with Gasteiger partial charge in [0.1, 0.15) is 0 Å². The van der Waals surface area contributed by atoms with Crippen molar-refractivity contribution in [3.8, 4) is 0 Å². The van der Waals surface area contributed by atoms with Crippen LogP contribution in [0.4, 0.5) is 5.69 Å². The van der Waals surface area contributed by atoms with Crippen molar-refractivity contribution in [2.75, 3.05) is 25.0 Å². The molecule has 0 unspecified atom stereocenters. The number of hydrogen-bond acceptors (Lipinski definition) is 3. The van der Waals surface area contributed by atoms with Crippen LogP contribution in [0.15, 0.2) is 22.7 Å². The van der Waals surface area contributed by atoms with Gasteiger partial charge in [0.2, 0.25) is 5.91 Å². The van der Waals surface area contributed by atoms with Crippen LogP contribution < -0.4 is 10.2 Å². The number of nitrogens with one attached hydrogen (secondary N) is 1. The van der Waals surface area contributed by atoms with Crippen LogP contribution in [0.3, 0.4) is 0 Å². The molecule has 0 saturated heterocycles. The summed E-state index contributed by atoms with van der Waals surface area (Å²) in [6.07, 6.45) is 0.935. The van der Waals surface area contributed by atoms with E-state index in [1.807, 2.05) is 37.1 Å². The van der Waals surface area contributed by atoms with Crippen molar-refractivity contribution in [2.24, 2.45) is 0 Å². The molecule has 0 atom stereocenters. The largest absolute Gasteiger partial charge is 0.392 e. The fraction of sp³-hybridized carbons (Fsp3) is 0.462. The summed E-state index contributed by atoms with van der Waals surface area (Å²) in [5.74, 6) is 0.0116. The Kier molecular flexibility index (Phi) is 6.15. The molecule has 0 aromatic heterocycles. The Hall–Kier alpha value is -1.07. The summed E-state index contributed by atoms with van der Waals surface area (Å²) in [6.45, 7) is 3.06. The van der Waals surface area contributed by atoms with Crippen LogP contribution in [0, 0.1) is 0 Å². The van der Waals surface area contributed by atoms with Crippen molar-refractivity contribution in [3.63, 3.8) is 0 Å². The Morgan fingerprint density at radius 3 is 2.78 bits per heavy atom. The first-order chi connectivity index (χ1) is 8.58. The molecule has 1 aromatic rings. The monoisotopic (exact) mass is 314 g/mol. The van der Waals surface area contributed by atoms with Gasteiger partial charge in [0.05, 0.1) is 18.8 Å². The van der Waals surface area contributed by atoms with E-state index in [1.165, 1.54) is 0 Å². The van der Waals surface area contributed by atoms with Gasteiger partial charge < -0.3 is 15.3 Å². The molecule has 18 heavy (non-hydrogen) atoms. The van der Waals surface area contributed by atoms with E-state index in [9.17, 15) is 4.79 Å². The molecule has 1 amide bonds. The molecule has 1 aromatic carbocycles. The fourth-order valence-corrected chi connectivity index (χ4v) is 2.31. The molecule has 0 bridgehead atoms. The average molecular weight is 315 g/mol. The van der Waals surface area contributed by atoms with Crippen LogP contribution in [-0.4, -0.2) is 31.2 Å². The number of rotatable bonds is 6. The van der Waals surface area contributed by atoms with Crippen molar-refractivity contribution in [2.45, 2.75) is 20.0 Å². The van der Waals surface area contributed by atoms with Gasteiger partial charge in [-0.2, -0.15) is 0 Å². The topological polar surface area (TPSA) is 52.6 Å². The second-order valence-electron chi connectivity index (χ2n) is 4.15. The maximum absolute atomic E-state index is 11.6. The Morgan fingerprint density at radius 2 is 2.22 bits per heavy atom. The van der Waals surface area contributed by atoms with E-state index >= 15 is 0 Å². The van der Waals surface area contributed by atoms with E-state index in [2.05, 4.69) is 21.2 Å². The van der Waals surface area contributed by atoms with Gasteiger partial charge >= 0.3 is 0 Å². The molecule has 0 radical (unpaired) electrons. The third-order valence-electron chi connectivity index (χ3n) is 2.56. The predicted octanol–water partition coefficient (Wildman–Crippen LogP) is 1.90. The number of hydrogen-bond donors (Lipinski definition) is 2. The van der Waals surface area contributed by atoms with Gasteiger partial charge in [0.15, 0.2) is 0 Å². The molecular formula is C13H19BrN2O2. The second-order valence-corrected chi connectivity index (χ2v) is 5.00. The summed E-state index contributed by atoms with van der Waals surface area (Å²) in [6, 6.07) is 5.60. The highest BCUT2D eigenvalue weighted by atomic mass is 79.9. The third-order valence-corrected chi connectivity index (χ3v) is 3.19. The maximum Gasteiger partial charge on any atom is 0.239 e. The van der Waals surface area contributed by atoms with Gasteiger partial charge in [0.25, 0.3) is 0 Å². The molecule has 4 nitrogen and oxygen atoms in total. The van der Waals surface area contributed by atoms with Gasteiger partial charge in [0, 0.05) is 18.1 Å². The molecule has 0 spiro atoms. The van der Waals surface area contributed by atoms with Crippen molar-refractivity contribution in [1.29, 1.82) is 0 Å². The first kappa shape index (κ1) is 15.0. The molecule has 5 heteroatoms. The Labute approximate surface area is 116 Å². The van der Waals surface area contributed by atoms with Crippen LogP contribution in [-0.2, 0) is 11.4 Å². The van der Waals surface area contributed by atoms with Gasteiger partial charge in [-0.25, -0.2) is 0 Å².